The number of aliphatic imine (C=N–C) groups is 2. The molecule has 0 saturated carbocycles. The lowest BCUT2D eigenvalue weighted by Gasteiger charge is -1.96. The maximum atomic E-state index is 4.03. The molecule has 0 heterocycles. The van der Waals surface area contributed by atoms with Crippen molar-refractivity contribution in [3.63, 3.8) is 0 Å². The predicted molar refractivity (Wildman–Crippen MR) is 60.6 cm³/mol. The Labute approximate surface area is 80.1 Å². The SMILES string of the molecule is C=C(C=N/C=C\C)/C(C=NC)=C/C. The second-order valence-corrected chi connectivity index (χ2v) is 2.42. The minimum atomic E-state index is 0.867. The summed E-state index contributed by atoms with van der Waals surface area (Å²) in [7, 11) is 1.74. The first-order valence-electron chi connectivity index (χ1n) is 4.18. The van der Waals surface area contributed by atoms with Crippen molar-refractivity contribution in [2.75, 3.05) is 7.05 Å². The Balaban J connectivity index is 4.41. The van der Waals surface area contributed by atoms with E-state index in [0.717, 1.165) is 11.1 Å². The van der Waals surface area contributed by atoms with E-state index in [4.69, 9.17) is 0 Å². The van der Waals surface area contributed by atoms with E-state index < -0.39 is 0 Å². The highest BCUT2D eigenvalue weighted by Gasteiger charge is 1.93. The zero-order chi connectivity index (χ0) is 10.1. The molecule has 0 atom stereocenters. The molecule has 0 aromatic heterocycles. The van der Waals surface area contributed by atoms with Crippen molar-refractivity contribution in [2.24, 2.45) is 9.98 Å². The third-order valence-corrected chi connectivity index (χ3v) is 1.42. The van der Waals surface area contributed by atoms with Crippen LogP contribution in [0.25, 0.3) is 0 Å². The van der Waals surface area contributed by atoms with Crippen molar-refractivity contribution >= 4 is 12.4 Å². The van der Waals surface area contributed by atoms with E-state index in [0.29, 0.717) is 0 Å². The summed E-state index contributed by atoms with van der Waals surface area (Å²) >= 11 is 0. The Morgan fingerprint density at radius 1 is 1.23 bits per heavy atom. The van der Waals surface area contributed by atoms with Gasteiger partial charge in [0.15, 0.2) is 0 Å². The first-order valence-corrected chi connectivity index (χ1v) is 4.18. The molecule has 0 N–H and O–H groups in total. The fourth-order valence-electron chi connectivity index (χ4n) is 0.776. The van der Waals surface area contributed by atoms with Crippen molar-refractivity contribution in [3.05, 3.63) is 36.1 Å². The largest absolute Gasteiger partial charge is 0.296 e. The van der Waals surface area contributed by atoms with Gasteiger partial charge in [-0.2, -0.15) is 0 Å². The maximum Gasteiger partial charge on any atom is 0.0340 e. The van der Waals surface area contributed by atoms with E-state index in [1.54, 1.807) is 25.7 Å². The Bertz CT molecular complexity index is 268. The third kappa shape index (κ3) is 4.90. The first-order chi connectivity index (χ1) is 6.26. The molecule has 70 valence electrons. The summed E-state index contributed by atoms with van der Waals surface area (Å²) in [5, 5.41) is 0. The lowest BCUT2D eigenvalue weighted by atomic mass is 10.1. The molecule has 0 aliphatic heterocycles. The quantitative estimate of drug-likeness (QED) is 0.465. The number of hydrogen-bond acceptors (Lipinski definition) is 2. The molecule has 0 aliphatic carbocycles. The van der Waals surface area contributed by atoms with E-state index >= 15 is 0 Å². The molecule has 0 bridgehead atoms. The monoisotopic (exact) mass is 176 g/mol. The molecule has 2 heteroatoms. The molecular formula is C11H16N2. The van der Waals surface area contributed by atoms with Gasteiger partial charge >= 0.3 is 0 Å². The Kier molecular flexibility index (Phi) is 6.42. The highest BCUT2D eigenvalue weighted by molar-refractivity contribution is 5.97. The van der Waals surface area contributed by atoms with Crippen molar-refractivity contribution in [2.45, 2.75) is 13.8 Å². The third-order valence-electron chi connectivity index (χ3n) is 1.42. The van der Waals surface area contributed by atoms with Gasteiger partial charge in [0.2, 0.25) is 0 Å². The average molecular weight is 176 g/mol. The molecule has 0 amide bonds. The van der Waals surface area contributed by atoms with Gasteiger partial charge in [0.25, 0.3) is 0 Å². The van der Waals surface area contributed by atoms with Crippen molar-refractivity contribution in [1.29, 1.82) is 0 Å². The highest BCUT2D eigenvalue weighted by atomic mass is 14.7. The molecule has 2 nitrogen and oxygen atoms in total. The summed E-state index contributed by atoms with van der Waals surface area (Å²) in [6.45, 7) is 7.74. The van der Waals surface area contributed by atoms with Gasteiger partial charge in [0.05, 0.1) is 0 Å². The van der Waals surface area contributed by atoms with Crippen molar-refractivity contribution < 1.29 is 0 Å². The van der Waals surface area contributed by atoms with Crippen molar-refractivity contribution in [3.8, 4) is 0 Å². The van der Waals surface area contributed by atoms with Gasteiger partial charge in [-0.3, -0.25) is 9.98 Å². The Morgan fingerprint density at radius 2 is 1.92 bits per heavy atom. The van der Waals surface area contributed by atoms with Gasteiger partial charge in [0.1, 0.15) is 0 Å². The van der Waals surface area contributed by atoms with Gasteiger partial charge in [-0.25, -0.2) is 0 Å². The van der Waals surface area contributed by atoms with Crippen LogP contribution in [-0.4, -0.2) is 19.5 Å². The van der Waals surface area contributed by atoms with Crippen LogP contribution in [-0.2, 0) is 0 Å². The number of allylic oxidation sites excluding steroid dienone is 4. The fourth-order valence-corrected chi connectivity index (χ4v) is 0.776. The van der Waals surface area contributed by atoms with Crippen LogP contribution in [0.3, 0.4) is 0 Å². The summed E-state index contributed by atoms with van der Waals surface area (Å²) < 4.78 is 0. The molecule has 0 aromatic carbocycles. The first kappa shape index (κ1) is 11.6. The molecule has 0 saturated heterocycles. The highest BCUT2D eigenvalue weighted by Crippen LogP contribution is 2.02. The second kappa shape index (κ2) is 7.22. The van der Waals surface area contributed by atoms with Gasteiger partial charge in [0, 0.05) is 25.7 Å². The molecule has 13 heavy (non-hydrogen) atoms. The summed E-state index contributed by atoms with van der Waals surface area (Å²) in [5.41, 5.74) is 1.86. The molecule has 0 radical (unpaired) electrons. The normalized spacial score (nSPS) is 13.6. The standard InChI is InChI=1S/C11H16N2/c1-5-7-13-8-10(3)11(6-2)9-12-4/h5-9H,3H2,1-2,4H3/b7-5-,11-6+,12-9?,13-8?. The summed E-state index contributed by atoms with van der Waals surface area (Å²) in [6.07, 6.45) is 9.03. The minimum absolute atomic E-state index is 0.867. The topological polar surface area (TPSA) is 24.7 Å². The van der Waals surface area contributed by atoms with Crippen LogP contribution in [0.2, 0.25) is 0 Å². The van der Waals surface area contributed by atoms with E-state index in [2.05, 4.69) is 16.6 Å². The maximum absolute atomic E-state index is 4.03. The Hall–Kier alpha value is -1.44. The second-order valence-electron chi connectivity index (χ2n) is 2.42. The summed E-state index contributed by atoms with van der Waals surface area (Å²) in [5.74, 6) is 0. The molecule has 0 fully saturated rings. The average Bonchev–Trinajstić information content (AvgIpc) is 2.14. The lowest BCUT2D eigenvalue weighted by molar-refractivity contribution is 1.45. The van der Waals surface area contributed by atoms with Crippen LogP contribution in [0.5, 0.6) is 0 Å². The summed E-state index contributed by atoms with van der Waals surface area (Å²) in [6, 6.07) is 0. The van der Waals surface area contributed by atoms with E-state index in [1.165, 1.54) is 0 Å². The zero-order valence-electron chi connectivity index (χ0n) is 8.49. The summed E-state index contributed by atoms with van der Waals surface area (Å²) in [4.78, 5) is 7.96. The van der Waals surface area contributed by atoms with Crippen LogP contribution in [0, 0.1) is 0 Å². The number of hydrogen-bond donors (Lipinski definition) is 0. The van der Waals surface area contributed by atoms with Gasteiger partial charge in [-0.15, -0.1) is 0 Å². The smallest absolute Gasteiger partial charge is 0.0340 e. The minimum Gasteiger partial charge on any atom is -0.296 e. The lowest BCUT2D eigenvalue weighted by Crippen LogP contribution is -1.90. The molecule has 0 rings (SSSR count). The van der Waals surface area contributed by atoms with Crippen LogP contribution >= 0.6 is 0 Å². The number of nitrogens with zero attached hydrogens (tertiary/aromatic N) is 2. The van der Waals surface area contributed by atoms with E-state index in [9.17, 15) is 0 Å². The molecular weight excluding hydrogens is 160 g/mol. The van der Waals surface area contributed by atoms with Crippen LogP contribution < -0.4 is 0 Å². The van der Waals surface area contributed by atoms with Gasteiger partial charge in [-0.1, -0.05) is 18.7 Å². The van der Waals surface area contributed by atoms with Crippen molar-refractivity contribution in [1.82, 2.24) is 0 Å². The molecule has 0 aliphatic rings. The predicted octanol–water partition coefficient (Wildman–Crippen LogP) is 2.79. The van der Waals surface area contributed by atoms with Crippen LogP contribution in [0.15, 0.2) is 46.1 Å². The van der Waals surface area contributed by atoms with Crippen LogP contribution in [0.4, 0.5) is 0 Å². The van der Waals surface area contributed by atoms with Crippen LogP contribution in [0.1, 0.15) is 13.8 Å². The molecule has 0 spiro atoms. The van der Waals surface area contributed by atoms with E-state index in [-0.39, 0.29) is 0 Å². The van der Waals surface area contributed by atoms with Gasteiger partial charge < -0.3 is 0 Å². The molecule has 0 unspecified atom stereocenters. The fraction of sp³-hybridized carbons (Fsp3) is 0.273. The van der Waals surface area contributed by atoms with E-state index in [1.807, 2.05) is 26.0 Å². The zero-order valence-corrected chi connectivity index (χ0v) is 8.49. The Morgan fingerprint density at radius 3 is 2.38 bits per heavy atom. The van der Waals surface area contributed by atoms with Gasteiger partial charge in [-0.05, 0) is 25.0 Å². The molecule has 0 aromatic rings. The number of rotatable bonds is 4.